The number of halogens is 1. The second kappa shape index (κ2) is 10.3. The van der Waals surface area contributed by atoms with Gasteiger partial charge in [-0.1, -0.05) is 11.6 Å². The molecule has 1 aliphatic carbocycles. The third-order valence-electron chi connectivity index (χ3n) is 4.82. The molecule has 0 unspecified atom stereocenters. The molecule has 0 aliphatic heterocycles. The van der Waals surface area contributed by atoms with Gasteiger partial charge in [-0.2, -0.15) is 0 Å². The fourth-order valence-corrected chi connectivity index (χ4v) is 4.39. The Morgan fingerprint density at radius 2 is 1.94 bits per heavy atom. The standard InChI is InChI=1S/C20H25ClN6O4S/c1-12-6-14(8-22-7-12)20(28)27-26-17(25-16-4-5-16)11-32(29,30)13(2)18(31-3)19-23-9-15(21)10-24-19/h6-10,13,16,18H,4-5,11H2,1-3H3,(H,25,26)(H,27,28)/t13-,18-/m0/s1. The van der Waals surface area contributed by atoms with E-state index in [0.29, 0.717) is 10.6 Å². The van der Waals surface area contributed by atoms with Crippen molar-refractivity contribution in [1.29, 1.82) is 0 Å². The van der Waals surface area contributed by atoms with Crippen LogP contribution in [0.2, 0.25) is 5.02 Å². The Balaban J connectivity index is 1.72. The quantitative estimate of drug-likeness (QED) is 0.332. The van der Waals surface area contributed by atoms with Gasteiger partial charge < -0.3 is 4.74 Å². The summed E-state index contributed by atoms with van der Waals surface area (Å²) in [6.45, 7) is 3.34. The number of aryl methyl sites for hydroxylation is 1. The molecule has 0 saturated heterocycles. The summed E-state index contributed by atoms with van der Waals surface area (Å²) in [4.78, 5) is 29.0. The maximum atomic E-state index is 13.1. The molecule has 0 aromatic carbocycles. The molecule has 2 heterocycles. The average molecular weight is 481 g/mol. The van der Waals surface area contributed by atoms with Crippen molar-refractivity contribution in [3.05, 3.63) is 52.8 Å². The molecule has 2 aromatic heterocycles. The molecular weight excluding hydrogens is 456 g/mol. The van der Waals surface area contributed by atoms with Crippen LogP contribution in [0.25, 0.3) is 0 Å². The Kier molecular flexibility index (Phi) is 7.75. The highest BCUT2D eigenvalue weighted by Crippen LogP contribution is 2.26. The van der Waals surface area contributed by atoms with Gasteiger partial charge in [0.25, 0.3) is 5.91 Å². The molecule has 172 valence electrons. The van der Waals surface area contributed by atoms with E-state index in [2.05, 4.69) is 30.8 Å². The van der Waals surface area contributed by atoms with Crippen molar-refractivity contribution in [1.82, 2.24) is 25.8 Å². The van der Waals surface area contributed by atoms with Gasteiger partial charge in [-0.15, -0.1) is 0 Å². The molecule has 1 aliphatic rings. The lowest BCUT2D eigenvalue weighted by atomic mass is 10.2. The number of sulfone groups is 1. The number of aromatic nitrogens is 3. The fourth-order valence-electron chi connectivity index (χ4n) is 2.90. The van der Waals surface area contributed by atoms with Crippen molar-refractivity contribution in [2.24, 2.45) is 4.99 Å². The number of hydrogen-bond acceptors (Lipinski definition) is 8. The third-order valence-corrected chi connectivity index (χ3v) is 7.07. The summed E-state index contributed by atoms with van der Waals surface area (Å²) in [6.07, 6.45) is 6.67. The van der Waals surface area contributed by atoms with Gasteiger partial charge in [-0.3, -0.25) is 25.6 Å². The molecule has 12 heteroatoms. The van der Waals surface area contributed by atoms with Crippen molar-refractivity contribution >= 4 is 33.2 Å². The molecule has 0 radical (unpaired) electrons. The molecule has 2 N–H and O–H groups in total. The first-order chi connectivity index (χ1) is 15.2. The van der Waals surface area contributed by atoms with Gasteiger partial charge in [-0.05, 0) is 38.3 Å². The van der Waals surface area contributed by atoms with Crippen molar-refractivity contribution in [2.45, 2.75) is 44.1 Å². The van der Waals surface area contributed by atoms with Crippen LogP contribution < -0.4 is 10.9 Å². The Morgan fingerprint density at radius 1 is 1.25 bits per heavy atom. The SMILES string of the molecule is CO[C@H](c1ncc(Cl)cn1)[C@H](C)S(=O)(=O)CC(=NC1CC1)NNC(=O)c1cncc(C)c1. The van der Waals surface area contributed by atoms with Crippen LogP contribution in [0.4, 0.5) is 0 Å². The number of carbonyl (C=O) groups is 1. The van der Waals surface area contributed by atoms with E-state index in [1.165, 1.54) is 32.6 Å². The Bertz CT molecular complexity index is 1090. The number of rotatable bonds is 8. The number of ether oxygens (including phenoxy) is 1. The molecular formula is C20H25ClN6O4S. The Labute approximate surface area is 191 Å². The van der Waals surface area contributed by atoms with E-state index in [1.807, 2.05) is 6.92 Å². The highest BCUT2D eigenvalue weighted by Gasteiger charge is 2.34. The number of amides is 1. The minimum atomic E-state index is -3.76. The fraction of sp³-hybridized carbons (Fsp3) is 0.450. The van der Waals surface area contributed by atoms with E-state index in [1.54, 1.807) is 12.3 Å². The van der Waals surface area contributed by atoms with Crippen LogP contribution in [0.3, 0.4) is 0 Å². The summed E-state index contributed by atoms with van der Waals surface area (Å²) < 4.78 is 31.7. The zero-order chi connectivity index (χ0) is 23.3. The average Bonchev–Trinajstić information content (AvgIpc) is 3.57. The lowest BCUT2D eigenvalue weighted by Crippen LogP contribution is -2.46. The number of hydrazine groups is 1. The lowest BCUT2D eigenvalue weighted by Gasteiger charge is -2.22. The van der Waals surface area contributed by atoms with Crippen molar-refractivity contribution in [3.63, 3.8) is 0 Å². The normalized spacial score (nSPS) is 16.3. The predicted octanol–water partition coefficient (Wildman–Crippen LogP) is 1.82. The molecule has 1 amide bonds. The van der Waals surface area contributed by atoms with Crippen LogP contribution in [0, 0.1) is 6.92 Å². The summed E-state index contributed by atoms with van der Waals surface area (Å²) in [5.74, 6) is -0.494. The van der Waals surface area contributed by atoms with Crippen LogP contribution in [0.5, 0.6) is 0 Å². The predicted molar refractivity (Wildman–Crippen MR) is 120 cm³/mol. The smallest absolute Gasteiger partial charge is 0.271 e. The van der Waals surface area contributed by atoms with Gasteiger partial charge in [0.15, 0.2) is 15.7 Å². The van der Waals surface area contributed by atoms with Crippen molar-refractivity contribution < 1.29 is 17.9 Å². The van der Waals surface area contributed by atoms with E-state index in [9.17, 15) is 13.2 Å². The molecule has 0 spiro atoms. The van der Waals surface area contributed by atoms with Gasteiger partial charge in [0, 0.05) is 31.9 Å². The third kappa shape index (κ3) is 6.44. The van der Waals surface area contributed by atoms with Gasteiger partial charge in [-0.25, -0.2) is 18.4 Å². The number of hydrogen-bond donors (Lipinski definition) is 2. The van der Waals surface area contributed by atoms with E-state index < -0.39 is 32.9 Å². The zero-order valence-corrected chi connectivity index (χ0v) is 19.5. The summed E-state index contributed by atoms with van der Waals surface area (Å²) in [5, 5.41) is -0.640. The number of carbonyl (C=O) groups excluding carboxylic acids is 1. The van der Waals surface area contributed by atoms with Crippen LogP contribution in [0.15, 0.2) is 35.8 Å². The van der Waals surface area contributed by atoms with Crippen LogP contribution >= 0.6 is 11.6 Å². The van der Waals surface area contributed by atoms with Crippen molar-refractivity contribution in [3.8, 4) is 0 Å². The van der Waals surface area contributed by atoms with Gasteiger partial charge >= 0.3 is 0 Å². The first-order valence-corrected chi connectivity index (χ1v) is 12.1. The molecule has 10 nitrogen and oxygen atoms in total. The topological polar surface area (TPSA) is 136 Å². The zero-order valence-electron chi connectivity index (χ0n) is 17.9. The highest BCUT2D eigenvalue weighted by atomic mass is 35.5. The number of nitrogens with one attached hydrogen (secondary N) is 2. The van der Waals surface area contributed by atoms with Crippen LogP contribution in [-0.4, -0.2) is 59.3 Å². The first-order valence-electron chi connectivity index (χ1n) is 9.96. The van der Waals surface area contributed by atoms with E-state index >= 15 is 0 Å². The highest BCUT2D eigenvalue weighted by molar-refractivity contribution is 7.92. The van der Waals surface area contributed by atoms with Gasteiger partial charge in [0.1, 0.15) is 17.7 Å². The lowest BCUT2D eigenvalue weighted by molar-refractivity contribution is 0.0940. The number of aliphatic imine (C=N–C) groups is 1. The molecule has 32 heavy (non-hydrogen) atoms. The first kappa shape index (κ1) is 24.0. The summed E-state index contributed by atoms with van der Waals surface area (Å²) in [6, 6.07) is 1.72. The van der Waals surface area contributed by atoms with Crippen LogP contribution in [0.1, 0.15) is 47.6 Å². The summed E-state index contributed by atoms with van der Waals surface area (Å²) >= 11 is 5.82. The van der Waals surface area contributed by atoms with Gasteiger partial charge in [0.05, 0.1) is 21.9 Å². The van der Waals surface area contributed by atoms with Crippen LogP contribution in [-0.2, 0) is 14.6 Å². The molecule has 2 aromatic rings. The number of pyridine rings is 1. The number of amidine groups is 1. The van der Waals surface area contributed by atoms with E-state index in [-0.39, 0.29) is 17.7 Å². The summed E-state index contributed by atoms with van der Waals surface area (Å²) in [5.41, 5.74) is 6.36. The molecule has 0 bridgehead atoms. The van der Waals surface area contributed by atoms with Gasteiger partial charge in [0.2, 0.25) is 0 Å². The Morgan fingerprint density at radius 3 is 2.53 bits per heavy atom. The minimum absolute atomic E-state index is 0.0402. The van der Waals surface area contributed by atoms with E-state index in [0.717, 1.165) is 18.4 Å². The maximum Gasteiger partial charge on any atom is 0.271 e. The number of nitrogens with zero attached hydrogens (tertiary/aromatic N) is 4. The minimum Gasteiger partial charge on any atom is -0.372 e. The largest absolute Gasteiger partial charge is 0.372 e. The number of methoxy groups -OCH3 is 1. The molecule has 3 rings (SSSR count). The molecule has 1 saturated carbocycles. The maximum absolute atomic E-state index is 13.1. The Hall–Kier alpha value is -2.63. The monoisotopic (exact) mass is 480 g/mol. The second-order valence-electron chi connectivity index (χ2n) is 7.57. The second-order valence-corrected chi connectivity index (χ2v) is 10.4. The molecule has 1 fully saturated rings. The van der Waals surface area contributed by atoms with E-state index in [4.69, 9.17) is 16.3 Å². The van der Waals surface area contributed by atoms with Crippen molar-refractivity contribution in [2.75, 3.05) is 12.9 Å². The summed E-state index contributed by atoms with van der Waals surface area (Å²) in [7, 11) is -2.37. The molecule has 2 atom stereocenters.